The molecule has 12 heteroatoms. The maximum Gasteiger partial charge on any atom is 0.375 e. The highest BCUT2D eigenvalue weighted by Crippen LogP contribution is 2.34. The topological polar surface area (TPSA) is 145 Å². The molecule has 0 aliphatic carbocycles. The van der Waals surface area contributed by atoms with Gasteiger partial charge in [-0.2, -0.15) is 5.10 Å². The minimum atomic E-state index is -1.17. The van der Waals surface area contributed by atoms with Crippen LogP contribution in [0.15, 0.2) is 6.33 Å². The van der Waals surface area contributed by atoms with Crippen LogP contribution in [0.2, 0.25) is 0 Å². The summed E-state index contributed by atoms with van der Waals surface area (Å²) in [6, 6.07) is 0. The zero-order valence-corrected chi connectivity index (χ0v) is 15.1. The molecule has 1 saturated heterocycles. The smallest absolute Gasteiger partial charge is 0.375 e. The lowest BCUT2D eigenvalue weighted by Crippen LogP contribution is -2.41. The van der Waals surface area contributed by atoms with Gasteiger partial charge in [-0.3, -0.25) is 14.4 Å². The third kappa shape index (κ3) is 4.78. The molecule has 12 nitrogen and oxygen atoms in total. The van der Waals surface area contributed by atoms with E-state index in [2.05, 4.69) is 14.8 Å². The molecule has 1 aromatic rings. The van der Waals surface area contributed by atoms with Gasteiger partial charge in [-0.05, 0) is 0 Å². The Bertz CT molecular complexity index is 732. The second-order valence-corrected chi connectivity index (χ2v) is 5.54. The van der Waals surface area contributed by atoms with Crippen LogP contribution in [-0.4, -0.2) is 70.7 Å². The van der Waals surface area contributed by atoms with Crippen molar-refractivity contribution in [1.29, 1.82) is 0 Å². The van der Waals surface area contributed by atoms with Crippen molar-refractivity contribution in [3.8, 4) is 0 Å². The van der Waals surface area contributed by atoms with Gasteiger partial charge in [-0.15, -0.1) is 0 Å². The van der Waals surface area contributed by atoms with Crippen molar-refractivity contribution < 1.29 is 42.9 Å². The number of hydrogen-bond acceptors (Lipinski definition) is 11. The quantitative estimate of drug-likeness (QED) is 0.456. The molecule has 0 saturated carbocycles. The molecule has 2 rings (SSSR count). The fourth-order valence-corrected chi connectivity index (χ4v) is 2.56. The molecule has 2 heterocycles. The third-order valence-corrected chi connectivity index (χ3v) is 3.52. The number of ether oxygens (including phenoxy) is 5. The molecule has 0 radical (unpaired) electrons. The number of esters is 4. The fraction of sp³-hybridized carbons (Fsp3) is 0.600. The highest BCUT2D eigenvalue weighted by atomic mass is 16.7. The van der Waals surface area contributed by atoms with Crippen LogP contribution < -0.4 is 0 Å². The average molecular weight is 385 g/mol. The Kier molecular flexibility index (Phi) is 6.45. The van der Waals surface area contributed by atoms with Gasteiger partial charge in [-0.1, -0.05) is 0 Å². The van der Waals surface area contributed by atoms with Crippen LogP contribution in [-0.2, 0) is 38.1 Å². The highest BCUT2D eigenvalue weighted by molar-refractivity contribution is 5.85. The Balaban J connectivity index is 2.40. The predicted molar refractivity (Wildman–Crippen MR) is 83.0 cm³/mol. The van der Waals surface area contributed by atoms with Gasteiger partial charge in [0.1, 0.15) is 19.0 Å². The van der Waals surface area contributed by atoms with Gasteiger partial charge in [0.25, 0.3) is 0 Å². The first-order valence-electron chi connectivity index (χ1n) is 7.85. The van der Waals surface area contributed by atoms with Crippen LogP contribution in [0.1, 0.15) is 37.6 Å². The first-order chi connectivity index (χ1) is 12.7. The molecule has 27 heavy (non-hydrogen) atoms. The number of hydrogen-bond donors (Lipinski definition) is 0. The molecule has 0 N–H and O–H groups in total. The summed E-state index contributed by atoms with van der Waals surface area (Å²) in [5.74, 6) is -2.94. The number of carbonyl (C=O) groups excluding carboxylic acids is 4. The van der Waals surface area contributed by atoms with Gasteiger partial charge in [0, 0.05) is 20.8 Å². The molecule has 0 unspecified atom stereocenters. The van der Waals surface area contributed by atoms with Crippen LogP contribution in [0, 0.1) is 0 Å². The van der Waals surface area contributed by atoms with Crippen molar-refractivity contribution in [1.82, 2.24) is 14.8 Å². The fourth-order valence-electron chi connectivity index (χ4n) is 2.56. The summed E-state index contributed by atoms with van der Waals surface area (Å²) in [5.41, 5.74) is 0. The standard InChI is InChI=1S/C15H19N3O9/c1-7(19)24-5-10-11(25-8(2)20)12(26-9(3)21)14(27-10)18-13(15(22)23-4)16-6-17-18/h6,10-12,14H,5H2,1-4H3/t10-,11-,12-,14-/m1/s1. The summed E-state index contributed by atoms with van der Waals surface area (Å²) in [4.78, 5) is 49.8. The van der Waals surface area contributed by atoms with Crippen molar-refractivity contribution >= 4 is 23.9 Å². The Morgan fingerprint density at radius 3 is 2.26 bits per heavy atom. The average Bonchev–Trinajstić information content (AvgIpc) is 3.17. The van der Waals surface area contributed by atoms with Gasteiger partial charge in [-0.25, -0.2) is 14.5 Å². The molecule has 0 spiro atoms. The summed E-state index contributed by atoms with van der Waals surface area (Å²) in [6.07, 6.45) is -3.33. The van der Waals surface area contributed by atoms with E-state index in [4.69, 9.17) is 18.9 Å². The van der Waals surface area contributed by atoms with Gasteiger partial charge < -0.3 is 23.7 Å². The molecular weight excluding hydrogens is 366 g/mol. The third-order valence-electron chi connectivity index (χ3n) is 3.52. The summed E-state index contributed by atoms with van der Waals surface area (Å²) >= 11 is 0. The zero-order chi connectivity index (χ0) is 20.1. The van der Waals surface area contributed by atoms with Crippen LogP contribution >= 0.6 is 0 Å². The van der Waals surface area contributed by atoms with Gasteiger partial charge in [0.15, 0.2) is 18.4 Å². The van der Waals surface area contributed by atoms with E-state index >= 15 is 0 Å². The molecule has 0 aromatic carbocycles. The molecule has 148 valence electrons. The lowest BCUT2D eigenvalue weighted by atomic mass is 10.1. The van der Waals surface area contributed by atoms with Crippen LogP contribution in [0.4, 0.5) is 0 Å². The first kappa shape index (κ1) is 20.3. The maximum atomic E-state index is 11.9. The minimum Gasteiger partial charge on any atom is -0.463 e. The van der Waals surface area contributed by atoms with Crippen molar-refractivity contribution in [2.45, 2.75) is 45.3 Å². The van der Waals surface area contributed by atoms with Crippen molar-refractivity contribution in [3.05, 3.63) is 12.2 Å². The van der Waals surface area contributed by atoms with Gasteiger partial charge in [0.2, 0.25) is 5.82 Å². The molecule has 1 aliphatic heterocycles. The number of nitrogens with zero attached hydrogens (tertiary/aromatic N) is 3. The lowest BCUT2D eigenvalue weighted by Gasteiger charge is -2.23. The zero-order valence-electron chi connectivity index (χ0n) is 15.1. The van der Waals surface area contributed by atoms with Gasteiger partial charge in [0.05, 0.1) is 7.11 Å². The van der Waals surface area contributed by atoms with Crippen LogP contribution in [0.5, 0.6) is 0 Å². The first-order valence-corrected chi connectivity index (χ1v) is 7.85. The number of carbonyl (C=O) groups is 4. The Hall–Kier alpha value is -3.02. The number of methoxy groups -OCH3 is 1. The van der Waals surface area contributed by atoms with Gasteiger partial charge >= 0.3 is 23.9 Å². The molecule has 1 aliphatic rings. The number of aromatic nitrogens is 3. The molecule has 0 amide bonds. The largest absolute Gasteiger partial charge is 0.463 e. The van der Waals surface area contributed by atoms with E-state index in [1.165, 1.54) is 6.92 Å². The van der Waals surface area contributed by atoms with Crippen molar-refractivity contribution in [2.24, 2.45) is 0 Å². The Labute approximate surface area is 153 Å². The summed E-state index contributed by atoms with van der Waals surface area (Å²) in [6.45, 7) is 3.24. The van der Waals surface area contributed by atoms with E-state index in [9.17, 15) is 19.2 Å². The van der Waals surface area contributed by atoms with Crippen molar-refractivity contribution in [3.63, 3.8) is 0 Å². The molecule has 1 fully saturated rings. The molecule has 1 aromatic heterocycles. The maximum absolute atomic E-state index is 11.9. The predicted octanol–water partition coefficient (Wildman–Crippen LogP) is -0.611. The summed E-state index contributed by atoms with van der Waals surface area (Å²) < 4.78 is 26.8. The number of rotatable bonds is 6. The SMILES string of the molecule is COC(=O)c1ncnn1[C@@H]1O[C@H](COC(C)=O)[C@@H](OC(C)=O)[C@H]1OC(C)=O. The second kappa shape index (κ2) is 8.58. The van der Waals surface area contributed by atoms with E-state index < -0.39 is 48.4 Å². The molecule has 0 bridgehead atoms. The van der Waals surface area contributed by atoms with Crippen LogP contribution in [0.3, 0.4) is 0 Å². The highest BCUT2D eigenvalue weighted by Gasteiger charge is 2.51. The Morgan fingerprint density at radius 1 is 1.07 bits per heavy atom. The monoisotopic (exact) mass is 385 g/mol. The van der Waals surface area contributed by atoms with Crippen molar-refractivity contribution in [2.75, 3.05) is 13.7 Å². The second-order valence-electron chi connectivity index (χ2n) is 5.54. The molecular formula is C15H19N3O9. The minimum absolute atomic E-state index is 0.214. The van der Waals surface area contributed by atoms with E-state index in [1.54, 1.807) is 0 Å². The summed E-state index contributed by atoms with van der Waals surface area (Å²) in [7, 11) is 1.16. The van der Waals surface area contributed by atoms with E-state index in [0.717, 1.165) is 32.0 Å². The van der Waals surface area contributed by atoms with Crippen LogP contribution in [0.25, 0.3) is 0 Å². The molecule has 4 atom stereocenters. The van der Waals surface area contributed by atoms with E-state index in [-0.39, 0.29) is 12.4 Å². The van der Waals surface area contributed by atoms with E-state index in [0.29, 0.717) is 0 Å². The Morgan fingerprint density at radius 2 is 1.70 bits per heavy atom. The lowest BCUT2D eigenvalue weighted by molar-refractivity contribution is -0.166. The summed E-state index contributed by atoms with van der Waals surface area (Å²) in [5, 5.41) is 3.91. The normalized spacial score (nSPS) is 24.1. The van der Waals surface area contributed by atoms with E-state index in [1.807, 2.05) is 0 Å².